The lowest BCUT2D eigenvalue weighted by Crippen LogP contribution is -2.30. The number of benzene rings is 1. The summed E-state index contributed by atoms with van der Waals surface area (Å²) in [7, 11) is 1.40. The van der Waals surface area contributed by atoms with E-state index in [1.165, 1.54) is 7.05 Å². The summed E-state index contributed by atoms with van der Waals surface area (Å²) >= 11 is 0. The molecule has 0 aliphatic rings. The Morgan fingerprint density at radius 3 is 2.40 bits per heavy atom. The smallest absolute Gasteiger partial charge is 0.212 e. The van der Waals surface area contributed by atoms with Gasteiger partial charge < -0.3 is 14.8 Å². The quantitative estimate of drug-likeness (QED) is 0.746. The van der Waals surface area contributed by atoms with Crippen LogP contribution in [0.15, 0.2) is 18.2 Å². The predicted octanol–water partition coefficient (Wildman–Crippen LogP) is 0.904. The van der Waals surface area contributed by atoms with Gasteiger partial charge in [-0.25, -0.2) is 13.1 Å². The molecule has 0 spiro atoms. The van der Waals surface area contributed by atoms with Crippen LogP contribution in [0.4, 0.5) is 0 Å². The molecule has 0 radical (unpaired) electrons. The van der Waals surface area contributed by atoms with E-state index in [2.05, 4.69) is 10.0 Å². The maximum atomic E-state index is 11.3. The number of ether oxygens (including phenoxy) is 2. The molecule has 0 fully saturated rings. The highest BCUT2D eigenvalue weighted by Gasteiger charge is 2.11. The molecule has 0 aromatic heterocycles. The Balaban J connectivity index is 2.66. The molecule has 7 heteroatoms. The van der Waals surface area contributed by atoms with Crippen LogP contribution in [0.3, 0.4) is 0 Å². The second-order valence-electron chi connectivity index (χ2n) is 4.31. The molecule has 1 unspecified atom stereocenters. The van der Waals surface area contributed by atoms with Gasteiger partial charge in [-0.15, -0.1) is 0 Å². The second-order valence-corrected chi connectivity index (χ2v) is 6.36. The first kappa shape index (κ1) is 16.7. The molecule has 0 saturated carbocycles. The largest absolute Gasteiger partial charge is 0.493 e. The summed E-state index contributed by atoms with van der Waals surface area (Å²) in [4.78, 5) is 0. The van der Waals surface area contributed by atoms with Gasteiger partial charge in [-0.1, -0.05) is 6.07 Å². The van der Waals surface area contributed by atoms with Crippen LogP contribution in [0, 0.1) is 0 Å². The fourth-order valence-corrected chi connectivity index (χ4v) is 2.34. The first-order valence-electron chi connectivity index (χ1n) is 6.30. The van der Waals surface area contributed by atoms with Crippen LogP contribution in [-0.4, -0.2) is 42.0 Å². The van der Waals surface area contributed by atoms with Crippen molar-refractivity contribution in [3.8, 4) is 11.5 Å². The van der Waals surface area contributed by atoms with Gasteiger partial charge in [0.2, 0.25) is 10.0 Å². The molecule has 0 saturated heterocycles. The molecular weight excluding hydrogens is 280 g/mol. The van der Waals surface area contributed by atoms with Crippen LogP contribution in [-0.2, 0) is 10.0 Å². The van der Waals surface area contributed by atoms with Crippen molar-refractivity contribution in [1.29, 1.82) is 0 Å². The summed E-state index contributed by atoms with van der Waals surface area (Å²) in [5.74, 6) is 1.36. The van der Waals surface area contributed by atoms with E-state index in [-0.39, 0.29) is 11.8 Å². The number of hydrogen-bond donors (Lipinski definition) is 2. The van der Waals surface area contributed by atoms with Crippen molar-refractivity contribution < 1.29 is 17.9 Å². The fourth-order valence-electron chi connectivity index (χ4n) is 1.75. The normalized spacial score (nSPS) is 13.0. The average molecular weight is 302 g/mol. The summed E-state index contributed by atoms with van der Waals surface area (Å²) in [5.41, 5.74) is 1.00. The van der Waals surface area contributed by atoms with Gasteiger partial charge in [-0.3, -0.25) is 0 Å². The van der Waals surface area contributed by atoms with Gasteiger partial charge in [-0.2, -0.15) is 0 Å². The molecule has 2 N–H and O–H groups in total. The van der Waals surface area contributed by atoms with Gasteiger partial charge in [0.15, 0.2) is 11.5 Å². The third kappa shape index (κ3) is 4.66. The summed E-state index contributed by atoms with van der Waals surface area (Å²) in [5, 5.41) is 3.16. The minimum absolute atomic E-state index is 0.0156. The third-order valence-electron chi connectivity index (χ3n) is 3.04. The maximum absolute atomic E-state index is 11.3. The first-order valence-corrected chi connectivity index (χ1v) is 7.95. The van der Waals surface area contributed by atoms with Crippen molar-refractivity contribution >= 4 is 10.0 Å². The van der Waals surface area contributed by atoms with Gasteiger partial charge in [-0.05, 0) is 31.7 Å². The van der Waals surface area contributed by atoms with Crippen LogP contribution < -0.4 is 19.5 Å². The van der Waals surface area contributed by atoms with Gasteiger partial charge >= 0.3 is 0 Å². The Bertz CT molecular complexity index is 531. The van der Waals surface area contributed by atoms with E-state index in [1.807, 2.05) is 25.1 Å². The number of rotatable bonds is 8. The fraction of sp³-hybridized carbons (Fsp3) is 0.538. The molecule has 0 amide bonds. The molecule has 0 heterocycles. The van der Waals surface area contributed by atoms with Gasteiger partial charge in [0, 0.05) is 12.6 Å². The number of sulfonamides is 1. The highest BCUT2D eigenvalue weighted by atomic mass is 32.2. The van der Waals surface area contributed by atoms with Crippen molar-refractivity contribution in [1.82, 2.24) is 10.0 Å². The van der Waals surface area contributed by atoms with Gasteiger partial charge in [0.1, 0.15) is 0 Å². The molecule has 0 aliphatic heterocycles. The van der Waals surface area contributed by atoms with Crippen LogP contribution in [0.25, 0.3) is 0 Å². The zero-order valence-electron chi connectivity index (χ0n) is 12.3. The van der Waals surface area contributed by atoms with Crippen LogP contribution in [0.2, 0.25) is 0 Å². The van der Waals surface area contributed by atoms with E-state index >= 15 is 0 Å². The number of methoxy groups -OCH3 is 2. The lowest BCUT2D eigenvalue weighted by atomic mass is 10.1. The van der Waals surface area contributed by atoms with Crippen molar-refractivity contribution in [3.63, 3.8) is 0 Å². The van der Waals surface area contributed by atoms with Gasteiger partial charge in [0.05, 0.1) is 20.0 Å². The van der Waals surface area contributed by atoms with Crippen molar-refractivity contribution in [3.05, 3.63) is 23.8 Å². The molecule has 1 aromatic carbocycles. The first-order chi connectivity index (χ1) is 9.43. The number of hydrogen-bond acceptors (Lipinski definition) is 5. The summed E-state index contributed by atoms with van der Waals surface area (Å²) in [6.07, 6.45) is 0. The van der Waals surface area contributed by atoms with Crippen molar-refractivity contribution in [2.24, 2.45) is 0 Å². The topological polar surface area (TPSA) is 76.7 Å². The lowest BCUT2D eigenvalue weighted by Gasteiger charge is -2.16. The van der Waals surface area contributed by atoms with E-state index < -0.39 is 10.0 Å². The standard InChI is InChI=1S/C13H22N2O4S/c1-10(15-7-8-20(16,17)14-2)11-5-6-12(18-3)13(9-11)19-4/h5-6,9-10,14-15H,7-8H2,1-4H3. The Morgan fingerprint density at radius 1 is 1.20 bits per heavy atom. The highest BCUT2D eigenvalue weighted by Crippen LogP contribution is 2.29. The maximum Gasteiger partial charge on any atom is 0.212 e. The SMILES string of the molecule is CNS(=O)(=O)CCNC(C)c1ccc(OC)c(OC)c1. The molecule has 114 valence electrons. The predicted molar refractivity (Wildman–Crippen MR) is 78.8 cm³/mol. The van der Waals surface area contributed by atoms with E-state index in [9.17, 15) is 8.42 Å². The van der Waals surface area contributed by atoms with Crippen LogP contribution in [0.1, 0.15) is 18.5 Å². The summed E-state index contributed by atoms with van der Waals surface area (Å²) in [6, 6.07) is 5.65. The molecule has 0 aliphatic carbocycles. The van der Waals surface area contributed by atoms with Gasteiger partial charge in [0.25, 0.3) is 0 Å². The molecule has 20 heavy (non-hydrogen) atoms. The molecule has 1 aromatic rings. The second kappa shape index (κ2) is 7.47. The van der Waals surface area contributed by atoms with Crippen LogP contribution >= 0.6 is 0 Å². The summed E-state index contributed by atoms with van der Waals surface area (Å²) in [6.45, 7) is 2.34. The molecule has 1 rings (SSSR count). The Hall–Kier alpha value is -1.31. The van der Waals surface area contributed by atoms with Crippen LogP contribution in [0.5, 0.6) is 11.5 Å². The average Bonchev–Trinajstić information content (AvgIpc) is 2.46. The van der Waals surface area contributed by atoms with E-state index in [4.69, 9.17) is 9.47 Å². The highest BCUT2D eigenvalue weighted by molar-refractivity contribution is 7.89. The van der Waals surface area contributed by atoms with Crippen molar-refractivity contribution in [2.45, 2.75) is 13.0 Å². The van der Waals surface area contributed by atoms with E-state index in [1.54, 1.807) is 14.2 Å². The monoisotopic (exact) mass is 302 g/mol. The Morgan fingerprint density at radius 2 is 1.85 bits per heavy atom. The zero-order chi connectivity index (χ0) is 15.2. The van der Waals surface area contributed by atoms with Crippen molar-refractivity contribution in [2.75, 3.05) is 33.6 Å². The molecular formula is C13H22N2O4S. The Kier molecular flexibility index (Phi) is 6.25. The molecule has 0 bridgehead atoms. The molecule has 6 nitrogen and oxygen atoms in total. The Labute approximate surface area is 120 Å². The minimum Gasteiger partial charge on any atom is -0.493 e. The minimum atomic E-state index is -3.18. The third-order valence-corrected chi connectivity index (χ3v) is 4.40. The summed E-state index contributed by atoms with van der Waals surface area (Å²) < 4.78 is 35.3. The molecule has 1 atom stereocenters. The number of nitrogens with one attached hydrogen (secondary N) is 2. The van der Waals surface area contributed by atoms with E-state index in [0.717, 1.165) is 5.56 Å². The lowest BCUT2D eigenvalue weighted by molar-refractivity contribution is 0.354. The van der Waals surface area contributed by atoms with E-state index in [0.29, 0.717) is 18.0 Å². The zero-order valence-corrected chi connectivity index (χ0v) is 13.1.